The van der Waals surface area contributed by atoms with Crippen molar-refractivity contribution in [1.82, 2.24) is 19.4 Å². The molecule has 6 nitrogen and oxygen atoms in total. The van der Waals surface area contributed by atoms with Crippen LogP contribution in [0, 0.1) is 6.92 Å². The van der Waals surface area contributed by atoms with E-state index in [-0.39, 0.29) is 5.43 Å². The Balaban J connectivity index is 1.49. The quantitative estimate of drug-likeness (QED) is 0.347. The van der Waals surface area contributed by atoms with Crippen molar-refractivity contribution in [2.24, 2.45) is 7.05 Å². The first-order chi connectivity index (χ1) is 17.0. The Labute approximate surface area is 214 Å². The second-order valence-corrected chi connectivity index (χ2v) is 10.2. The molecule has 1 aliphatic heterocycles. The van der Waals surface area contributed by atoms with Crippen LogP contribution in [-0.4, -0.2) is 38.6 Å². The van der Waals surface area contributed by atoms with Crippen molar-refractivity contribution in [2.45, 2.75) is 38.9 Å². The monoisotopic (exact) mass is 531 g/mol. The third-order valence-corrected chi connectivity index (χ3v) is 7.56. The predicted octanol–water partition coefficient (Wildman–Crippen LogP) is 5.07. The van der Waals surface area contributed by atoms with E-state index in [1.807, 2.05) is 69.1 Å². The highest BCUT2D eigenvalue weighted by Gasteiger charge is 2.27. The summed E-state index contributed by atoms with van der Waals surface area (Å²) in [4.78, 5) is 27.1. The summed E-state index contributed by atoms with van der Waals surface area (Å²) >= 11 is 3.70. The molecular weight excluding hydrogens is 502 g/mol. The van der Waals surface area contributed by atoms with Crippen LogP contribution in [0.3, 0.4) is 0 Å². The molecule has 0 radical (unpaired) electrons. The molecule has 1 aliphatic rings. The summed E-state index contributed by atoms with van der Waals surface area (Å²) in [5, 5.41) is 0.775. The van der Waals surface area contributed by atoms with Crippen molar-refractivity contribution in [3.8, 4) is 0 Å². The van der Waals surface area contributed by atoms with Crippen LogP contribution in [0.4, 0.5) is 5.69 Å². The predicted molar refractivity (Wildman–Crippen MR) is 145 cm³/mol. The Morgan fingerprint density at radius 2 is 2.00 bits per heavy atom. The molecule has 35 heavy (non-hydrogen) atoms. The van der Waals surface area contributed by atoms with Gasteiger partial charge in [0.05, 0.1) is 17.4 Å². The van der Waals surface area contributed by atoms with E-state index in [9.17, 15) is 4.79 Å². The minimum atomic E-state index is 0.122. The van der Waals surface area contributed by atoms with Gasteiger partial charge in [-0.15, -0.1) is 0 Å². The zero-order valence-corrected chi connectivity index (χ0v) is 21.8. The molecule has 0 bridgehead atoms. The van der Waals surface area contributed by atoms with Gasteiger partial charge in [0.25, 0.3) is 0 Å². The lowest BCUT2D eigenvalue weighted by Gasteiger charge is -2.40. The number of nitrogens with zero attached hydrogens (tertiary/aromatic N) is 5. The zero-order valence-electron chi connectivity index (χ0n) is 20.2. The van der Waals surface area contributed by atoms with Crippen molar-refractivity contribution >= 4 is 32.5 Å². The SMILES string of the molecule is Cc1cc(CN(Cc2cn(C)c3ccccc3c2=O)[C@H]2CCCN(c3cnccc3Br)C2)ccn1. The Kier molecular flexibility index (Phi) is 6.97. The normalized spacial score (nSPS) is 16.2. The summed E-state index contributed by atoms with van der Waals surface area (Å²) in [6, 6.07) is 14.4. The van der Waals surface area contributed by atoms with Gasteiger partial charge in [-0.1, -0.05) is 12.1 Å². The number of piperidine rings is 1. The third kappa shape index (κ3) is 5.16. The first-order valence-electron chi connectivity index (χ1n) is 12.1. The van der Waals surface area contributed by atoms with Crippen molar-refractivity contribution in [2.75, 3.05) is 18.0 Å². The van der Waals surface area contributed by atoms with E-state index in [0.29, 0.717) is 12.6 Å². The molecule has 1 saturated heterocycles. The molecule has 4 heterocycles. The summed E-state index contributed by atoms with van der Waals surface area (Å²) in [6.45, 7) is 5.29. The van der Waals surface area contributed by atoms with E-state index in [0.717, 1.165) is 64.8 Å². The second kappa shape index (κ2) is 10.3. The number of aryl methyl sites for hydroxylation is 2. The molecule has 1 atom stereocenters. The maximum atomic E-state index is 13.5. The van der Waals surface area contributed by atoms with Crippen LogP contribution in [-0.2, 0) is 20.1 Å². The molecule has 0 unspecified atom stereocenters. The van der Waals surface area contributed by atoms with E-state index in [4.69, 9.17) is 0 Å². The molecule has 3 aromatic heterocycles. The van der Waals surface area contributed by atoms with Crippen LogP contribution < -0.4 is 10.3 Å². The second-order valence-electron chi connectivity index (χ2n) is 9.39. The average molecular weight is 532 g/mol. The number of aromatic nitrogens is 3. The minimum absolute atomic E-state index is 0.122. The lowest BCUT2D eigenvalue weighted by Crippen LogP contribution is -2.48. The van der Waals surface area contributed by atoms with Gasteiger partial charge in [0.15, 0.2) is 5.43 Å². The number of halogens is 1. The fourth-order valence-electron chi connectivity index (χ4n) is 5.16. The van der Waals surface area contributed by atoms with Crippen LogP contribution in [0.2, 0.25) is 0 Å². The summed E-state index contributed by atoms with van der Waals surface area (Å²) in [6.07, 6.45) is 9.80. The van der Waals surface area contributed by atoms with Gasteiger partial charge in [-0.2, -0.15) is 0 Å². The van der Waals surface area contributed by atoms with Crippen molar-refractivity contribution in [3.63, 3.8) is 0 Å². The molecule has 1 aromatic carbocycles. The van der Waals surface area contributed by atoms with E-state index in [1.54, 1.807) is 0 Å². The fourth-order valence-corrected chi connectivity index (χ4v) is 5.64. The number of fused-ring (bicyclic) bond motifs is 1. The van der Waals surface area contributed by atoms with Gasteiger partial charge < -0.3 is 9.47 Å². The highest BCUT2D eigenvalue weighted by atomic mass is 79.9. The van der Waals surface area contributed by atoms with Crippen LogP contribution in [0.5, 0.6) is 0 Å². The lowest BCUT2D eigenvalue weighted by molar-refractivity contribution is 0.158. The van der Waals surface area contributed by atoms with E-state index in [1.165, 1.54) is 5.56 Å². The van der Waals surface area contributed by atoms with Crippen LogP contribution in [0.15, 0.2) is 76.5 Å². The van der Waals surface area contributed by atoms with E-state index < -0.39 is 0 Å². The van der Waals surface area contributed by atoms with Gasteiger partial charge in [0.1, 0.15) is 0 Å². The molecule has 0 saturated carbocycles. The van der Waals surface area contributed by atoms with Crippen LogP contribution in [0.1, 0.15) is 29.7 Å². The molecule has 7 heteroatoms. The number of pyridine rings is 3. The standard InChI is InChI=1S/C28H30BrN5O/c1-20-14-21(9-12-31-20)16-34(18-22-17-32(2)26-8-4-3-7-24(26)28(22)35)23-6-5-13-33(19-23)27-15-30-11-10-25(27)29/h3-4,7-12,14-15,17,23H,5-6,13,16,18-19H2,1-2H3/t23-/m0/s1. The molecule has 0 aliphatic carbocycles. The van der Waals surface area contributed by atoms with Gasteiger partial charge in [0.2, 0.25) is 0 Å². The Hall–Kier alpha value is -3.03. The van der Waals surface area contributed by atoms with Gasteiger partial charge in [0, 0.05) is 79.0 Å². The number of para-hydroxylation sites is 1. The first kappa shape index (κ1) is 23.7. The molecule has 180 valence electrons. The van der Waals surface area contributed by atoms with Crippen LogP contribution in [0.25, 0.3) is 10.9 Å². The highest BCUT2D eigenvalue weighted by Crippen LogP contribution is 2.29. The van der Waals surface area contributed by atoms with E-state index >= 15 is 0 Å². The Morgan fingerprint density at radius 3 is 2.83 bits per heavy atom. The number of hydrogen-bond donors (Lipinski definition) is 0. The van der Waals surface area contributed by atoms with Gasteiger partial charge in [-0.05, 0) is 71.6 Å². The van der Waals surface area contributed by atoms with Crippen molar-refractivity contribution in [3.05, 3.63) is 98.8 Å². The van der Waals surface area contributed by atoms with Gasteiger partial charge in [-0.3, -0.25) is 19.7 Å². The molecule has 0 amide bonds. The van der Waals surface area contributed by atoms with E-state index in [2.05, 4.69) is 52.4 Å². The fraction of sp³-hybridized carbons (Fsp3) is 0.321. The molecule has 0 spiro atoms. The largest absolute Gasteiger partial charge is 0.368 e. The summed E-state index contributed by atoms with van der Waals surface area (Å²) in [5.74, 6) is 0. The number of benzene rings is 1. The minimum Gasteiger partial charge on any atom is -0.368 e. The number of hydrogen-bond acceptors (Lipinski definition) is 5. The smallest absolute Gasteiger partial charge is 0.193 e. The summed E-state index contributed by atoms with van der Waals surface area (Å²) in [7, 11) is 2.02. The molecule has 0 N–H and O–H groups in total. The third-order valence-electron chi connectivity index (χ3n) is 6.89. The maximum Gasteiger partial charge on any atom is 0.193 e. The number of anilines is 1. The highest BCUT2D eigenvalue weighted by molar-refractivity contribution is 9.10. The number of rotatable bonds is 6. The molecule has 5 rings (SSSR count). The maximum absolute atomic E-state index is 13.5. The summed E-state index contributed by atoms with van der Waals surface area (Å²) in [5.41, 5.74) is 5.26. The lowest BCUT2D eigenvalue weighted by atomic mass is 10.0. The Morgan fingerprint density at radius 1 is 1.14 bits per heavy atom. The van der Waals surface area contributed by atoms with Gasteiger partial charge >= 0.3 is 0 Å². The van der Waals surface area contributed by atoms with Gasteiger partial charge in [-0.25, -0.2) is 0 Å². The zero-order chi connectivity index (χ0) is 24.4. The van der Waals surface area contributed by atoms with Crippen molar-refractivity contribution in [1.29, 1.82) is 0 Å². The first-order valence-corrected chi connectivity index (χ1v) is 12.9. The van der Waals surface area contributed by atoms with Crippen molar-refractivity contribution < 1.29 is 0 Å². The average Bonchev–Trinajstić information content (AvgIpc) is 2.87. The van der Waals surface area contributed by atoms with Crippen LogP contribution >= 0.6 is 15.9 Å². The molecule has 1 fully saturated rings. The topological polar surface area (TPSA) is 54.3 Å². The molecule has 4 aromatic rings. The Bertz CT molecular complexity index is 1400. The summed E-state index contributed by atoms with van der Waals surface area (Å²) < 4.78 is 3.13. The molecular formula is C28H30BrN5O.